The molecule has 132 valence electrons. The molecule has 0 spiro atoms. The maximum atomic E-state index is 12.9. The summed E-state index contributed by atoms with van der Waals surface area (Å²) in [6.45, 7) is 2.15. The highest BCUT2D eigenvalue weighted by Crippen LogP contribution is 2.30. The van der Waals surface area contributed by atoms with Crippen LogP contribution in [0.4, 0.5) is 0 Å². The van der Waals surface area contributed by atoms with Crippen LogP contribution in [0.15, 0.2) is 58.9 Å². The summed E-state index contributed by atoms with van der Waals surface area (Å²) in [6.07, 6.45) is 5.27. The Bertz CT molecular complexity index is 973. The van der Waals surface area contributed by atoms with Gasteiger partial charge >= 0.3 is 0 Å². The average molecular weight is 365 g/mol. The Balaban J connectivity index is 1.83. The number of carbonyl (C=O) groups excluding carboxylic acids is 1. The van der Waals surface area contributed by atoms with Crippen LogP contribution >= 0.6 is 11.8 Å². The second-order valence-corrected chi connectivity index (χ2v) is 7.14. The van der Waals surface area contributed by atoms with Crippen molar-refractivity contribution in [3.05, 3.63) is 64.9 Å². The number of amides is 1. The van der Waals surface area contributed by atoms with E-state index in [9.17, 15) is 4.79 Å². The summed E-state index contributed by atoms with van der Waals surface area (Å²) in [5.74, 6) is 0.785. The van der Waals surface area contributed by atoms with Crippen molar-refractivity contribution in [2.45, 2.75) is 25.9 Å². The molecule has 0 aliphatic carbocycles. The second kappa shape index (κ2) is 7.29. The van der Waals surface area contributed by atoms with Crippen LogP contribution in [-0.4, -0.2) is 26.8 Å². The first-order chi connectivity index (χ1) is 12.8. The third-order valence-corrected chi connectivity index (χ3v) is 5.21. The molecule has 2 aliphatic heterocycles. The first-order valence-corrected chi connectivity index (χ1v) is 9.65. The molecule has 0 saturated carbocycles. The van der Waals surface area contributed by atoms with Gasteiger partial charge in [-0.3, -0.25) is 20.1 Å². The summed E-state index contributed by atoms with van der Waals surface area (Å²) in [6, 6.07) is 11.5. The van der Waals surface area contributed by atoms with Gasteiger partial charge in [0.25, 0.3) is 5.91 Å². The first-order valence-electron chi connectivity index (χ1n) is 8.67. The number of nitrogens with zero attached hydrogens (tertiary/aromatic N) is 4. The van der Waals surface area contributed by atoms with Gasteiger partial charge in [0.05, 0.1) is 5.36 Å². The van der Waals surface area contributed by atoms with Crippen molar-refractivity contribution >= 4 is 28.5 Å². The second-order valence-electron chi connectivity index (χ2n) is 6.05. The fourth-order valence-corrected chi connectivity index (χ4v) is 3.90. The Labute approximate surface area is 155 Å². The predicted molar refractivity (Wildman–Crippen MR) is 102 cm³/mol. The van der Waals surface area contributed by atoms with E-state index >= 15 is 0 Å². The highest BCUT2D eigenvalue weighted by atomic mass is 32.2. The Kier molecular flexibility index (Phi) is 4.71. The minimum absolute atomic E-state index is 0.139. The Morgan fingerprint density at radius 1 is 1.19 bits per heavy atom. The zero-order valence-electron chi connectivity index (χ0n) is 14.4. The van der Waals surface area contributed by atoms with E-state index in [4.69, 9.17) is 10.1 Å². The van der Waals surface area contributed by atoms with E-state index < -0.39 is 0 Å². The van der Waals surface area contributed by atoms with Crippen molar-refractivity contribution in [2.75, 3.05) is 5.75 Å². The van der Waals surface area contributed by atoms with Crippen LogP contribution in [0.1, 0.15) is 31.5 Å². The molecule has 1 aromatic carbocycles. The van der Waals surface area contributed by atoms with Crippen molar-refractivity contribution in [1.82, 2.24) is 15.3 Å². The van der Waals surface area contributed by atoms with E-state index in [1.807, 2.05) is 36.4 Å². The molecule has 1 atom stereocenters. The van der Waals surface area contributed by atoms with Gasteiger partial charge in [-0.05, 0) is 24.6 Å². The summed E-state index contributed by atoms with van der Waals surface area (Å²) < 4.78 is 0. The molecule has 4 rings (SSSR count). The number of unbranched alkanes of at least 4 members (excludes halogenated alkanes) is 1. The van der Waals surface area contributed by atoms with E-state index in [1.54, 1.807) is 29.2 Å². The standard InChI is InChI=1S/C19H19N5OS/c1-2-3-12-26-19-22-18(25)16-14-6-4-5-7-15(14)21-17(24(16)23-19)13-8-10-20-11-9-13/h4-11,17H,2-3,12H2,1H3,(H,22,23,25)/t17-/m1/s1. The molecule has 7 heteroatoms. The lowest BCUT2D eigenvalue weighted by Crippen LogP contribution is -2.50. The normalized spacial score (nSPS) is 18.4. The van der Waals surface area contributed by atoms with Gasteiger partial charge in [-0.2, -0.15) is 0 Å². The molecule has 0 bridgehead atoms. The van der Waals surface area contributed by atoms with E-state index in [0.29, 0.717) is 10.9 Å². The monoisotopic (exact) mass is 365 g/mol. The van der Waals surface area contributed by atoms with Crippen LogP contribution < -0.4 is 15.9 Å². The predicted octanol–water partition coefficient (Wildman–Crippen LogP) is 1.76. The zero-order valence-corrected chi connectivity index (χ0v) is 15.2. The number of carbonyl (C=O) groups is 1. The van der Waals surface area contributed by atoms with Crippen molar-refractivity contribution < 1.29 is 4.79 Å². The Morgan fingerprint density at radius 2 is 2.00 bits per heavy atom. The molecule has 0 fully saturated rings. The first kappa shape index (κ1) is 16.8. The molecule has 0 radical (unpaired) electrons. The molecule has 6 nitrogen and oxygen atoms in total. The third-order valence-electron chi connectivity index (χ3n) is 4.26. The number of para-hydroxylation sites is 1. The molecule has 26 heavy (non-hydrogen) atoms. The molecular formula is C19H19N5OS. The van der Waals surface area contributed by atoms with E-state index in [0.717, 1.165) is 34.7 Å². The fraction of sp³-hybridized carbons (Fsp3) is 0.263. The molecule has 2 aromatic rings. The average Bonchev–Trinajstić information content (AvgIpc) is 2.68. The Morgan fingerprint density at radius 3 is 2.81 bits per heavy atom. The topological polar surface area (TPSA) is 70.0 Å². The highest BCUT2D eigenvalue weighted by Gasteiger charge is 2.34. The van der Waals surface area contributed by atoms with Crippen molar-refractivity contribution in [3.63, 3.8) is 0 Å². The summed E-state index contributed by atoms with van der Waals surface area (Å²) in [5, 5.41) is 11.6. The summed E-state index contributed by atoms with van der Waals surface area (Å²) >= 11 is 1.57. The van der Waals surface area contributed by atoms with E-state index in [1.165, 1.54) is 0 Å². The van der Waals surface area contributed by atoms with Gasteiger partial charge in [-0.1, -0.05) is 43.3 Å². The van der Waals surface area contributed by atoms with Crippen LogP contribution in [-0.2, 0) is 4.79 Å². The number of aromatic nitrogens is 1. The molecule has 2 aliphatic rings. The molecular weight excluding hydrogens is 346 g/mol. The SMILES string of the molecule is CCCCSC1=NN2C(=c3ccccc3=N[C@H]2c2ccncc2)C(=O)N1. The minimum atomic E-state index is -0.379. The third kappa shape index (κ3) is 3.10. The summed E-state index contributed by atoms with van der Waals surface area (Å²) in [7, 11) is 0. The summed E-state index contributed by atoms with van der Waals surface area (Å²) in [5.41, 5.74) is 1.49. The van der Waals surface area contributed by atoms with Gasteiger partial charge in [0, 0.05) is 28.9 Å². The van der Waals surface area contributed by atoms with Gasteiger partial charge in [0.1, 0.15) is 5.70 Å². The number of hydrogen-bond donors (Lipinski definition) is 1. The zero-order chi connectivity index (χ0) is 17.9. The number of nitrogens with one attached hydrogen (secondary N) is 1. The fourth-order valence-electron chi connectivity index (χ4n) is 2.96. The largest absolute Gasteiger partial charge is 0.298 e. The molecule has 0 unspecified atom stereocenters. The van der Waals surface area contributed by atoms with Gasteiger partial charge in [0.15, 0.2) is 11.3 Å². The molecule has 1 N–H and O–H groups in total. The van der Waals surface area contributed by atoms with Crippen molar-refractivity contribution in [1.29, 1.82) is 0 Å². The van der Waals surface area contributed by atoms with Crippen LogP contribution in [0.25, 0.3) is 5.70 Å². The van der Waals surface area contributed by atoms with E-state index in [2.05, 4.69) is 17.2 Å². The molecule has 1 aromatic heterocycles. The number of benzene rings is 1. The van der Waals surface area contributed by atoms with Gasteiger partial charge < -0.3 is 0 Å². The maximum absolute atomic E-state index is 12.9. The number of rotatable bonds is 4. The van der Waals surface area contributed by atoms with Crippen LogP contribution in [0.5, 0.6) is 0 Å². The van der Waals surface area contributed by atoms with E-state index in [-0.39, 0.29) is 12.1 Å². The van der Waals surface area contributed by atoms with Crippen LogP contribution in [0.3, 0.4) is 0 Å². The number of hydrogen-bond acceptors (Lipinski definition) is 6. The van der Waals surface area contributed by atoms with Gasteiger partial charge in [-0.25, -0.2) is 5.01 Å². The lowest BCUT2D eigenvalue weighted by Gasteiger charge is -2.34. The lowest BCUT2D eigenvalue weighted by atomic mass is 10.1. The van der Waals surface area contributed by atoms with Gasteiger partial charge in [-0.15, -0.1) is 5.10 Å². The number of fused-ring (bicyclic) bond motifs is 2. The molecule has 0 saturated heterocycles. The van der Waals surface area contributed by atoms with Crippen molar-refractivity contribution in [3.8, 4) is 0 Å². The number of amidine groups is 1. The Hall–Kier alpha value is -2.67. The number of pyridine rings is 1. The quantitative estimate of drug-likeness (QED) is 0.838. The van der Waals surface area contributed by atoms with Crippen LogP contribution in [0.2, 0.25) is 0 Å². The number of hydrazone groups is 1. The molecule has 3 heterocycles. The van der Waals surface area contributed by atoms with Crippen LogP contribution in [0, 0.1) is 0 Å². The van der Waals surface area contributed by atoms with Gasteiger partial charge in [0.2, 0.25) is 0 Å². The smallest absolute Gasteiger partial charge is 0.276 e. The molecule has 1 amide bonds. The lowest BCUT2D eigenvalue weighted by molar-refractivity contribution is -0.116. The summed E-state index contributed by atoms with van der Waals surface area (Å²) in [4.78, 5) is 21.8. The van der Waals surface area contributed by atoms with Crippen molar-refractivity contribution in [2.24, 2.45) is 10.1 Å². The maximum Gasteiger partial charge on any atom is 0.276 e. The minimum Gasteiger partial charge on any atom is -0.298 e. The highest BCUT2D eigenvalue weighted by molar-refractivity contribution is 8.13. The number of thioether (sulfide) groups is 1.